The van der Waals surface area contributed by atoms with Crippen molar-refractivity contribution in [3.63, 3.8) is 0 Å². The molecule has 0 atom stereocenters. The second-order valence-corrected chi connectivity index (χ2v) is 4.64. The van der Waals surface area contributed by atoms with Crippen LogP contribution in [-0.2, 0) is 9.47 Å². The Kier molecular flexibility index (Phi) is 3.18. The van der Waals surface area contributed by atoms with E-state index in [4.69, 9.17) is 9.47 Å². The number of benzene rings is 1. The number of rotatable bonds is 3. The van der Waals surface area contributed by atoms with Gasteiger partial charge in [-0.3, -0.25) is 0 Å². The van der Waals surface area contributed by atoms with Crippen molar-refractivity contribution in [2.45, 2.75) is 19.4 Å². The third-order valence-corrected chi connectivity index (χ3v) is 2.49. The van der Waals surface area contributed by atoms with Gasteiger partial charge in [0.05, 0.1) is 12.6 Å². The van der Waals surface area contributed by atoms with Crippen LogP contribution in [0.4, 0.5) is 0 Å². The Bertz CT molecular complexity index is 447. The van der Waals surface area contributed by atoms with Gasteiger partial charge in [-0.2, -0.15) is 0 Å². The minimum atomic E-state index is -0.163. The number of hydrogen-bond donors (Lipinski definition) is 0. The van der Waals surface area contributed by atoms with Gasteiger partial charge < -0.3 is 9.47 Å². The number of nitrogens with zero attached hydrogens (tertiary/aromatic N) is 1. The summed E-state index contributed by atoms with van der Waals surface area (Å²) in [5.74, 6) is 1.25. The summed E-state index contributed by atoms with van der Waals surface area (Å²) >= 11 is 0. The van der Waals surface area contributed by atoms with Crippen LogP contribution >= 0.6 is 0 Å². The highest BCUT2D eigenvalue weighted by molar-refractivity contribution is 5.97. The lowest BCUT2D eigenvalue weighted by Gasteiger charge is -2.07. The molecule has 0 spiro atoms. The van der Waals surface area contributed by atoms with Crippen LogP contribution in [0.5, 0.6) is 0 Å². The summed E-state index contributed by atoms with van der Waals surface area (Å²) in [4.78, 5) is 4.49. The lowest BCUT2D eigenvalue weighted by Crippen LogP contribution is -2.17. The number of ether oxygens (including phenoxy) is 2. The molecule has 2 rings (SSSR count). The minimum Gasteiger partial charge on any atom is -0.491 e. The highest BCUT2D eigenvalue weighted by Gasteiger charge is 2.28. The largest absolute Gasteiger partial charge is 0.491 e. The Balaban J connectivity index is 2.26. The van der Waals surface area contributed by atoms with E-state index in [1.165, 1.54) is 0 Å². The fourth-order valence-corrected chi connectivity index (χ4v) is 1.62. The van der Waals surface area contributed by atoms with Gasteiger partial charge >= 0.3 is 0 Å². The minimum absolute atomic E-state index is 0.163. The Labute approximate surface area is 102 Å². The maximum Gasteiger partial charge on any atom is 0.253 e. The van der Waals surface area contributed by atoms with Gasteiger partial charge in [0.1, 0.15) is 6.61 Å². The molecule has 3 nitrogen and oxygen atoms in total. The summed E-state index contributed by atoms with van der Waals surface area (Å²) in [6.45, 7) is 4.67. The van der Waals surface area contributed by atoms with E-state index in [-0.39, 0.29) is 5.54 Å². The molecule has 0 saturated carbocycles. The maximum absolute atomic E-state index is 5.55. The van der Waals surface area contributed by atoms with E-state index in [2.05, 4.69) is 4.99 Å². The Morgan fingerprint density at radius 2 is 2.06 bits per heavy atom. The van der Waals surface area contributed by atoms with E-state index in [1.54, 1.807) is 7.11 Å². The van der Waals surface area contributed by atoms with E-state index in [0.717, 1.165) is 5.56 Å². The molecule has 1 aliphatic heterocycles. The van der Waals surface area contributed by atoms with Crippen molar-refractivity contribution in [1.29, 1.82) is 0 Å². The van der Waals surface area contributed by atoms with Gasteiger partial charge in [-0.1, -0.05) is 30.3 Å². The lowest BCUT2D eigenvalue weighted by molar-refractivity contribution is 0.253. The van der Waals surface area contributed by atoms with Crippen molar-refractivity contribution in [2.75, 3.05) is 13.7 Å². The quantitative estimate of drug-likeness (QED) is 0.749. The number of methoxy groups -OCH3 is 1. The van der Waals surface area contributed by atoms with Crippen LogP contribution in [0.3, 0.4) is 0 Å². The number of hydrogen-bond acceptors (Lipinski definition) is 3. The van der Waals surface area contributed by atoms with Crippen molar-refractivity contribution in [1.82, 2.24) is 0 Å². The Morgan fingerprint density at radius 1 is 1.35 bits per heavy atom. The third-order valence-electron chi connectivity index (χ3n) is 2.49. The molecule has 3 heteroatoms. The van der Waals surface area contributed by atoms with Crippen LogP contribution in [-0.4, -0.2) is 25.2 Å². The predicted octanol–water partition coefficient (Wildman–Crippen LogP) is 2.88. The molecular weight excluding hydrogens is 214 g/mol. The molecule has 0 aliphatic carbocycles. The summed E-state index contributed by atoms with van der Waals surface area (Å²) in [5.41, 5.74) is 0.907. The zero-order valence-electron chi connectivity index (χ0n) is 10.4. The van der Waals surface area contributed by atoms with Gasteiger partial charge in [0.2, 0.25) is 0 Å². The van der Waals surface area contributed by atoms with Gasteiger partial charge in [-0.15, -0.1) is 0 Å². The molecule has 1 aromatic rings. The van der Waals surface area contributed by atoms with Gasteiger partial charge in [-0.25, -0.2) is 4.99 Å². The normalized spacial score (nSPS) is 18.5. The topological polar surface area (TPSA) is 30.8 Å². The molecule has 0 unspecified atom stereocenters. The first-order chi connectivity index (χ1) is 8.11. The Morgan fingerprint density at radius 3 is 2.59 bits per heavy atom. The standard InChI is InChI=1S/C14H17NO2/c1-14(2)10-17-13(15-14)12(16-3)9-11-7-5-4-6-8-11/h4-9H,10H2,1-3H3/b12-9+. The molecule has 1 aliphatic rings. The molecule has 0 amide bonds. The van der Waals surface area contributed by atoms with E-state index in [0.29, 0.717) is 18.3 Å². The van der Waals surface area contributed by atoms with Crippen LogP contribution in [0.15, 0.2) is 41.1 Å². The first kappa shape index (κ1) is 11.7. The molecule has 0 saturated heterocycles. The van der Waals surface area contributed by atoms with E-state index in [9.17, 15) is 0 Å². The molecule has 0 N–H and O–H groups in total. The van der Waals surface area contributed by atoms with E-state index in [1.807, 2.05) is 50.3 Å². The van der Waals surface area contributed by atoms with Crippen LogP contribution in [0.25, 0.3) is 6.08 Å². The zero-order chi connectivity index (χ0) is 12.3. The summed E-state index contributed by atoms with van der Waals surface area (Å²) in [6, 6.07) is 9.98. The maximum atomic E-state index is 5.55. The van der Waals surface area contributed by atoms with Crippen LogP contribution in [0.1, 0.15) is 19.4 Å². The first-order valence-electron chi connectivity index (χ1n) is 5.64. The summed E-state index contributed by atoms with van der Waals surface area (Å²) in [5, 5.41) is 0. The lowest BCUT2D eigenvalue weighted by atomic mass is 10.1. The van der Waals surface area contributed by atoms with Crippen molar-refractivity contribution in [2.24, 2.45) is 4.99 Å². The Hall–Kier alpha value is -1.77. The molecule has 1 heterocycles. The highest BCUT2D eigenvalue weighted by Crippen LogP contribution is 2.21. The zero-order valence-corrected chi connectivity index (χ0v) is 10.4. The summed E-state index contributed by atoms with van der Waals surface area (Å²) in [7, 11) is 1.63. The van der Waals surface area contributed by atoms with Crippen molar-refractivity contribution in [3.05, 3.63) is 41.7 Å². The third kappa shape index (κ3) is 2.87. The molecule has 0 radical (unpaired) electrons. The second kappa shape index (κ2) is 4.62. The summed E-state index contributed by atoms with van der Waals surface area (Å²) < 4.78 is 10.9. The average molecular weight is 231 g/mol. The molecule has 1 aromatic carbocycles. The van der Waals surface area contributed by atoms with Gasteiger partial charge in [0.15, 0.2) is 5.76 Å². The van der Waals surface area contributed by atoms with Crippen LogP contribution in [0, 0.1) is 0 Å². The summed E-state index contributed by atoms with van der Waals surface area (Å²) in [6.07, 6.45) is 1.93. The monoisotopic (exact) mass is 231 g/mol. The van der Waals surface area contributed by atoms with Crippen molar-refractivity contribution < 1.29 is 9.47 Å². The van der Waals surface area contributed by atoms with Gasteiger partial charge in [0, 0.05) is 0 Å². The van der Waals surface area contributed by atoms with Gasteiger partial charge in [0.25, 0.3) is 5.90 Å². The van der Waals surface area contributed by atoms with Crippen LogP contribution in [0.2, 0.25) is 0 Å². The predicted molar refractivity (Wildman–Crippen MR) is 68.9 cm³/mol. The highest BCUT2D eigenvalue weighted by atomic mass is 16.5. The van der Waals surface area contributed by atoms with Gasteiger partial charge in [-0.05, 0) is 25.5 Å². The average Bonchev–Trinajstić information content (AvgIpc) is 2.68. The van der Waals surface area contributed by atoms with Crippen molar-refractivity contribution in [3.8, 4) is 0 Å². The van der Waals surface area contributed by atoms with Crippen LogP contribution < -0.4 is 0 Å². The fraction of sp³-hybridized carbons (Fsp3) is 0.357. The molecule has 0 aromatic heterocycles. The number of aliphatic imine (C=N–C) groups is 1. The van der Waals surface area contributed by atoms with E-state index >= 15 is 0 Å². The second-order valence-electron chi connectivity index (χ2n) is 4.64. The molecule has 90 valence electrons. The van der Waals surface area contributed by atoms with E-state index < -0.39 is 0 Å². The first-order valence-corrected chi connectivity index (χ1v) is 5.64. The molecule has 17 heavy (non-hydrogen) atoms. The fourth-order valence-electron chi connectivity index (χ4n) is 1.62. The SMILES string of the molecule is CO/C(=C/c1ccccc1)C1=NC(C)(C)CO1. The van der Waals surface area contributed by atoms with Crippen molar-refractivity contribution >= 4 is 12.0 Å². The molecular formula is C14H17NO2. The molecule has 0 bridgehead atoms. The smallest absolute Gasteiger partial charge is 0.253 e. The molecule has 0 fully saturated rings.